The highest BCUT2D eigenvalue weighted by atomic mass is 16.5. The van der Waals surface area contributed by atoms with Gasteiger partial charge in [-0.25, -0.2) is 0 Å². The number of hydrogen-bond donors (Lipinski definition) is 0. The fraction of sp³-hybridized carbons (Fsp3) is 0.739. The third-order valence-electron chi connectivity index (χ3n) is 6.81. The molecule has 144 valence electrons. The van der Waals surface area contributed by atoms with Crippen LogP contribution in [0.15, 0.2) is 24.3 Å². The summed E-state index contributed by atoms with van der Waals surface area (Å²) in [7, 11) is 0. The molecular weight excluding hydrogens is 320 g/mol. The van der Waals surface area contributed by atoms with Gasteiger partial charge in [-0.3, -0.25) is 4.90 Å². The van der Waals surface area contributed by atoms with E-state index in [4.69, 9.17) is 4.74 Å². The van der Waals surface area contributed by atoms with Gasteiger partial charge in [0.15, 0.2) is 0 Å². The van der Waals surface area contributed by atoms with Crippen molar-refractivity contribution in [2.45, 2.75) is 45.6 Å². The lowest BCUT2D eigenvalue weighted by atomic mass is 10.1. The van der Waals surface area contributed by atoms with Crippen LogP contribution in [-0.4, -0.2) is 55.7 Å². The Morgan fingerprint density at radius 1 is 0.923 bits per heavy atom. The Kier molecular flexibility index (Phi) is 6.29. The number of piperidine rings is 2. The molecule has 26 heavy (non-hydrogen) atoms. The van der Waals surface area contributed by atoms with Crippen molar-refractivity contribution < 1.29 is 4.74 Å². The average molecular weight is 357 g/mol. The number of nitrogens with zero attached hydrogens (tertiary/aromatic N) is 2. The molecule has 1 saturated carbocycles. The molecule has 2 aliphatic heterocycles. The van der Waals surface area contributed by atoms with Crippen LogP contribution in [0.25, 0.3) is 0 Å². The summed E-state index contributed by atoms with van der Waals surface area (Å²) in [5.41, 5.74) is 2.91. The van der Waals surface area contributed by atoms with Gasteiger partial charge in [-0.05, 0) is 67.7 Å². The summed E-state index contributed by atoms with van der Waals surface area (Å²) in [6.45, 7) is 11.7. The Balaban J connectivity index is 1.07. The van der Waals surface area contributed by atoms with E-state index in [0.29, 0.717) is 0 Å². The average Bonchev–Trinajstić information content (AvgIpc) is 3.14. The highest BCUT2D eigenvalue weighted by Gasteiger charge is 2.55. The Bertz CT molecular complexity index is 540. The topological polar surface area (TPSA) is 15.7 Å². The predicted molar refractivity (Wildman–Crippen MR) is 107 cm³/mol. The van der Waals surface area contributed by atoms with E-state index in [-0.39, 0.29) is 0 Å². The summed E-state index contributed by atoms with van der Waals surface area (Å²) in [5, 5.41) is 0. The second kappa shape index (κ2) is 8.86. The second-order valence-electron chi connectivity index (χ2n) is 8.69. The van der Waals surface area contributed by atoms with Gasteiger partial charge in [-0.1, -0.05) is 37.6 Å². The lowest BCUT2D eigenvalue weighted by Gasteiger charge is -2.26. The van der Waals surface area contributed by atoms with Gasteiger partial charge in [0.25, 0.3) is 0 Å². The smallest absolute Gasteiger partial charge is 0.0500 e. The van der Waals surface area contributed by atoms with Crippen LogP contribution in [0.3, 0.4) is 0 Å². The fourth-order valence-corrected chi connectivity index (χ4v) is 5.04. The Labute approximate surface area is 159 Å². The van der Waals surface area contributed by atoms with Gasteiger partial charge in [-0.15, -0.1) is 0 Å². The highest BCUT2D eigenvalue weighted by Crippen LogP contribution is 2.51. The summed E-state index contributed by atoms with van der Waals surface area (Å²) in [6.07, 6.45) is 6.56. The van der Waals surface area contributed by atoms with Crippen LogP contribution in [0.1, 0.15) is 43.7 Å². The molecule has 0 N–H and O–H groups in total. The first kappa shape index (κ1) is 18.5. The zero-order valence-corrected chi connectivity index (χ0v) is 16.5. The molecule has 1 aromatic carbocycles. The summed E-state index contributed by atoms with van der Waals surface area (Å²) in [6, 6.07) is 9.19. The maximum absolute atomic E-state index is 6.02. The van der Waals surface area contributed by atoms with E-state index in [1.165, 1.54) is 69.5 Å². The van der Waals surface area contributed by atoms with Crippen LogP contribution in [0.4, 0.5) is 0 Å². The first-order valence-corrected chi connectivity index (χ1v) is 10.9. The Morgan fingerprint density at radius 2 is 1.62 bits per heavy atom. The zero-order valence-electron chi connectivity index (χ0n) is 16.5. The van der Waals surface area contributed by atoms with Crippen molar-refractivity contribution >= 4 is 0 Å². The van der Waals surface area contributed by atoms with Crippen molar-refractivity contribution in [1.29, 1.82) is 0 Å². The molecule has 0 aromatic heterocycles. The second-order valence-corrected chi connectivity index (χ2v) is 8.69. The quantitative estimate of drug-likeness (QED) is 0.626. The van der Waals surface area contributed by atoms with Gasteiger partial charge >= 0.3 is 0 Å². The minimum absolute atomic E-state index is 0.851. The molecule has 0 amide bonds. The lowest BCUT2D eigenvalue weighted by Crippen LogP contribution is -2.31. The molecule has 0 radical (unpaired) electrons. The van der Waals surface area contributed by atoms with Gasteiger partial charge in [0, 0.05) is 32.8 Å². The molecule has 3 aliphatic rings. The summed E-state index contributed by atoms with van der Waals surface area (Å²) < 4.78 is 6.02. The summed E-state index contributed by atoms with van der Waals surface area (Å²) in [4.78, 5) is 5.26. The van der Waals surface area contributed by atoms with Crippen LogP contribution in [-0.2, 0) is 17.7 Å². The minimum Gasteiger partial charge on any atom is -0.381 e. The third-order valence-corrected chi connectivity index (χ3v) is 6.81. The van der Waals surface area contributed by atoms with Crippen LogP contribution >= 0.6 is 0 Å². The van der Waals surface area contributed by atoms with Gasteiger partial charge in [0.2, 0.25) is 0 Å². The maximum atomic E-state index is 6.02. The van der Waals surface area contributed by atoms with E-state index >= 15 is 0 Å². The molecule has 2 atom stereocenters. The van der Waals surface area contributed by atoms with Crippen molar-refractivity contribution in [3.8, 4) is 0 Å². The number of fused-ring (bicyclic) bond motifs is 1. The van der Waals surface area contributed by atoms with Crippen LogP contribution in [0.2, 0.25) is 0 Å². The molecule has 2 heterocycles. The molecule has 3 heteroatoms. The predicted octanol–water partition coefficient (Wildman–Crippen LogP) is 3.82. The normalized spacial score (nSPS) is 29.0. The van der Waals surface area contributed by atoms with E-state index in [1.807, 2.05) is 0 Å². The van der Waals surface area contributed by atoms with E-state index in [0.717, 1.165) is 43.9 Å². The minimum atomic E-state index is 0.851. The van der Waals surface area contributed by atoms with Crippen LogP contribution < -0.4 is 0 Å². The molecule has 0 spiro atoms. The third kappa shape index (κ3) is 4.68. The van der Waals surface area contributed by atoms with E-state index in [1.54, 1.807) is 0 Å². The molecule has 4 rings (SSSR count). The summed E-state index contributed by atoms with van der Waals surface area (Å²) >= 11 is 0. The number of aryl methyl sites for hydroxylation is 1. The maximum Gasteiger partial charge on any atom is 0.0500 e. The van der Waals surface area contributed by atoms with Crippen molar-refractivity contribution in [2.75, 3.05) is 45.9 Å². The van der Waals surface area contributed by atoms with Crippen LogP contribution in [0, 0.1) is 17.8 Å². The lowest BCUT2D eigenvalue weighted by molar-refractivity contribution is 0.0967. The van der Waals surface area contributed by atoms with E-state index in [2.05, 4.69) is 41.0 Å². The number of hydrogen-bond acceptors (Lipinski definition) is 3. The number of ether oxygens (including phenoxy) is 1. The fourth-order valence-electron chi connectivity index (χ4n) is 5.04. The van der Waals surface area contributed by atoms with Crippen molar-refractivity contribution in [1.82, 2.24) is 9.80 Å². The number of benzene rings is 1. The molecule has 3 nitrogen and oxygen atoms in total. The molecular formula is C23H36N2O. The monoisotopic (exact) mass is 356 g/mol. The Hall–Kier alpha value is -0.900. The first-order chi connectivity index (χ1) is 12.8. The van der Waals surface area contributed by atoms with Crippen LogP contribution in [0.5, 0.6) is 0 Å². The molecule has 1 aliphatic carbocycles. The van der Waals surface area contributed by atoms with Gasteiger partial charge in [0.05, 0.1) is 6.61 Å². The van der Waals surface area contributed by atoms with E-state index in [9.17, 15) is 0 Å². The standard InChI is InChI=1S/C23H36N2O/c1-2-19-7-9-20(10-8-19)15-25-16-21-22(17-25)23(21)18-26-14-6-13-24-11-4-3-5-12-24/h7-10,21-23H,2-6,11-18H2,1H3. The van der Waals surface area contributed by atoms with E-state index < -0.39 is 0 Å². The SMILES string of the molecule is CCc1ccc(CN2CC3C(COCCCN4CCCCC4)C3C2)cc1. The van der Waals surface area contributed by atoms with Crippen molar-refractivity contribution in [3.63, 3.8) is 0 Å². The molecule has 0 bridgehead atoms. The summed E-state index contributed by atoms with van der Waals surface area (Å²) in [5.74, 6) is 2.67. The van der Waals surface area contributed by atoms with Gasteiger partial charge in [-0.2, -0.15) is 0 Å². The first-order valence-electron chi connectivity index (χ1n) is 10.9. The molecule has 1 aromatic rings. The molecule has 3 fully saturated rings. The van der Waals surface area contributed by atoms with Gasteiger partial charge in [0.1, 0.15) is 0 Å². The Morgan fingerprint density at radius 3 is 2.31 bits per heavy atom. The number of rotatable bonds is 9. The zero-order chi connectivity index (χ0) is 17.8. The van der Waals surface area contributed by atoms with Crippen molar-refractivity contribution in [3.05, 3.63) is 35.4 Å². The molecule has 2 unspecified atom stereocenters. The molecule has 2 saturated heterocycles. The highest BCUT2D eigenvalue weighted by molar-refractivity contribution is 5.22. The largest absolute Gasteiger partial charge is 0.381 e. The van der Waals surface area contributed by atoms with Crippen molar-refractivity contribution in [2.24, 2.45) is 17.8 Å². The number of likely N-dealkylation sites (tertiary alicyclic amines) is 2. The van der Waals surface area contributed by atoms with Gasteiger partial charge < -0.3 is 9.64 Å².